The van der Waals surface area contributed by atoms with Gasteiger partial charge in [-0.15, -0.1) is 0 Å². The molecule has 2 aliphatic rings. The first-order chi connectivity index (χ1) is 11.2. The smallest absolute Gasteiger partial charge is 0.333 e. The maximum absolute atomic E-state index is 11.5. The van der Waals surface area contributed by atoms with Crippen molar-refractivity contribution < 1.29 is 9.66 Å². The molecule has 0 aliphatic carbocycles. The van der Waals surface area contributed by atoms with Crippen molar-refractivity contribution >= 4 is 11.4 Å². The third-order valence-electron chi connectivity index (χ3n) is 4.63. The number of anilines is 1. The third kappa shape index (κ3) is 3.40. The Morgan fingerprint density at radius 2 is 2.13 bits per heavy atom. The van der Waals surface area contributed by atoms with Crippen molar-refractivity contribution in [3.8, 4) is 5.75 Å². The van der Waals surface area contributed by atoms with Crippen LogP contribution in [0.2, 0.25) is 0 Å². The molecule has 1 N–H and O–H groups in total. The van der Waals surface area contributed by atoms with Crippen LogP contribution in [0.4, 0.5) is 11.4 Å². The van der Waals surface area contributed by atoms with Crippen LogP contribution in [0.15, 0.2) is 18.2 Å². The van der Waals surface area contributed by atoms with Gasteiger partial charge in [0.2, 0.25) is 0 Å². The summed E-state index contributed by atoms with van der Waals surface area (Å²) in [5, 5.41) is 14.9. The number of hydrogen-bond acceptors (Lipinski definition) is 6. The molecule has 7 heteroatoms. The number of nitrogens with zero attached hydrogens (tertiary/aromatic N) is 3. The minimum Gasteiger partial charge on any atom is -0.487 e. The standard InChI is InChI=1S/C16H24N4O3/c1-2-23-15-5-3-4-14(16(15)20(21)22)19-9-6-13(12-19)18-10-7-17-8-11-18/h3-5,13,17H,2,6-12H2,1H3. The Morgan fingerprint density at radius 3 is 2.83 bits per heavy atom. The largest absolute Gasteiger partial charge is 0.487 e. The molecule has 3 rings (SSSR count). The predicted molar refractivity (Wildman–Crippen MR) is 89.3 cm³/mol. The van der Waals surface area contributed by atoms with Crippen molar-refractivity contribution in [2.45, 2.75) is 19.4 Å². The second-order valence-corrected chi connectivity index (χ2v) is 5.99. The van der Waals surface area contributed by atoms with Gasteiger partial charge < -0.3 is 15.0 Å². The SMILES string of the molecule is CCOc1cccc(N2CCC(N3CCNCC3)C2)c1[N+](=O)[O-]. The molecule has 2 aliphatic heterocycles. The van der Waals surface area contributed by atoms with Crippen molar-refractivity contribution in [2.24, 2.45) is 0 Å². The second-order valence-electron chi connectivity index (χ2n) is 5.99. The van der Waals surface area contributed by atoms with E-state index in [-0.39, 0.29) is 10.6 Å². The van der Waals surface area contributed by atoms with Gasteiger partial charge in [0.25, 0.3) is 0 Å². The van der Waals surface area contributed by atoms with Gasteiger partial charge in [0, 0.05) is 45.3 Å². The van der Waals surface area contributed by atoms with Crippen LogP contribution in [-0.4, -0.2) is 61.7 Å². The molecule has 1 aromatic rings. The number of hydrogen-bond donors (Lipinski definition) is 1. The van der Waals surface area contributed by atoms with Crippen molar-refractivity contribution in [1.29, 1.82) is 0 Å². The molecule has 0 spiro atoms. The summed E-state index contributed by atoms with van der Waals surface area (Å²) in [5.74, 6) is 0.362. The lowest BCUT2D eigenvalue weighted by Gasteiger charge is -2.32. The van der Waals surface area contributed by atoms with E-state index < -0.39 is 0 Å². The van der Waals surface area contributed by atoms with E-state index in [9.17, 15) is 10.1 Å². The first kappa shape index (κ1) is 16.0. The summed E-state index contributed by atoms with van der Waals surface area (Å²) in [5.41, 5.74) is 0.772. The van der Waals surface area contributed by atoms with Gasteiger partial charge in [-0.05, 0) is 25.5 Å². The zero-order valence-electron chi connectivity index (χ0n) is 13.5. The molecule has 23 heavy (non-hydrogen) atoms. The molecule has 0 amide bonds. The van der Waals surface area contributed by atoms with Gasteiger partial charge in [0.15, 0.2) is 5.75 Å². The maximum Gasteiger partial charge on any atom is 0.333 e. The highest BCUT2D eigenvalue weighted by molar-refractivity contribution is 5.70. The number of rotatable bonds is 5. The van der Waals surface area contributed by atoms with E-state index in [0.29, 0.717) is 24.1 Å². The summed E-state index contributed by atoms with van der Waals surface area (Å²) in [7, 11) is 0. The highest BCUT2D eigenvalue weighted by Crippen LogP contribution is 2.38. The molecular weight excluding hydrogens is 296 g/mol. The zero-order valence-corrected chi connectivity index (χ0v) is 13.5. The highest BCUT2D eigenvalue weighted by atomic mass is 16.6. The van der Waals surface area contributed by atoms with Crippen LogP contribution in [0.1, 0.15) is 13.3 Å². The topological polar surface area (TPSA) is 70.9 Å². The fraction of sp³-hybridized carbons (Fsp3) is 0.625. The summed E-state index contributed by atoms with van der Waals surface area (Å²) < 4.78 is 5.45. The van der Waals surface area contributed by atoms with Crippen molar-refractivity contribution in [3.63, 3.8) is 0 Å². The lowest BCUT2D eigenvalue weighted by Crippen LogP contribution is -2.49. The van der Waals surface area contributed by atoms with E-state index in [2.05, 4.69) is 15.1 Å². The molecule has 2 fully saturated rings. The van der Waals surface area contributed by atoms with E-state index in [1.54, 1.807) is 6.07 Å². The predicted octanol–water partition coefficient (Wildman–Crippen LogP) is 1.48. The molecule has 1 atom stereocenters. The Balaban J connectivity index is 1.79. The number of nitro groups is 1. The third-order valence-corrected chi connectivity index (χ3v) is 4.63. The number of para-hydroxylation sites is 1. The normalized spacial score (nSPS) is 22.3. The molecular formula is C16H24N4O3. The van der Waals surface area contributed by atoms with Gasteiger partial charge in [-0.3, -0.25) is 15.0 Å². The Morgan fingerprint density at radius 1 is 1.35 bits per heavy atom. The molecule has 1 unspecified atom stereocenters. The van der Waals surface area contributed by atoms with Crippen LogP contribution >= 0.6 is 0 Å². The Labute approximate surface area is 136 Å². The molecule has 7 nitrogen and oxygen atoms in total. The molecule has 1 aromatic carbocycles. The fourth-order valence-electron chi connectivity index (χ4n) is 3.53. The molecule has 0 radical (unpaired) electrons. The number of nitro benzene ring substituents is 1. The number of ether oxygens (including phenoxy) is 1. The monoisotopic (exact) mass is 320 g/mol. The van der Waals surface area contributed by atoms with Gasteiger partial charge in [0.05, 0.1) is 11.5 Å². The molecule has 0 aromatic heterocycles. The van der Waals surface area contributed by atoms with Crippen LogP contribution in [0.25, 0.3) is 0 Å². The molecule has 2 heterocycles. The van der Waals surface area contributed by atoms with Crippen LogP contribution in [-0.2, 0) is 0 Å². The highest BCUT2D eigenvalue weighted by Gasteiger charge is 2.33. The Hall–Kier alpha value is -1.86. The summed E-state index contributed by atoms with van der Waals surface area (Å²) in [4.78, 5) is 15.8. The van der Waals surface area contributed by atoms with E-state index in [4.69, 9.17) is 4.74 Å². The van der Waals surface area contributed by atoms with E-state index >= 15 is 0 Å². The first-order valence-corrected chi connectivity index (χ1v) is 8.30. The van der Waals surface area contributed by atoms with Crippen molar-refractivity contribution in [3.05, 3.63) is 28.3 Å². The van der Waals surface area contributed by atoms with Gasteiger partial charge in [-0.1, -0.05) is 6.07 Å². The van der Waals surface area contributed by atoms with Gasteiger partial charge in [-0.25, -0.2) is 0 Å². The number of nitrogens with one attached hydrogen (secondary N) is 1. The van der Waals surface area contributed by atoms with Crippen molar-refractivity contribution in [2.75, 3.05) is 50.8 Å². The van der Waals surface area contributed by atoms with Crippen molar-refractivity contribution in [1.82, 2.24) is 10.2 Å². The first-order valence-electron chi connectivity index (χ1n) is 8.30. The summed E-state index contributed by atoms with van der Waals surface area (Å²) >= 11 is 0. The maximum atomic E-state index is 11.5. The summed E-state index contributed by atoms with van der Waals surface area (Å²) in [6.07, 6.45) is 1.05. The minimum atomic E-state index is -0.321. The number of benzene rings is 1. The average molecular weight is 320 g/mol. The van der Waals surface area contributed by atoms with Crippen LogP contribution < -0.4 is 15.0 Å². The van der Waals surface area contributed by atoms with Crippen LogP contribution in [0, 0.1) is 10.1 Å². The lowest BCUT2D eigenvalue weighted by atomic mass is 10.2. The summed E-state index contributed by atoms with van der Waals surface area (Å²) in [6.45, 7) is 8.12. The minimum absolute atomic E-state index is 0.0929. The molecule has 0 bridgehead atoms. The molecule has 2 saturated heterocycles. The lowest BCUT2D eigenvalue weighted by molar-refractivity contribution is -0.385. The summed E-state index contributed by atoms with van der Waals surface area (Å²) in [6, 6.07) is 5.83. The van der Waals surface area contributed by atoms with Gasteiger partial charge >= 0.3 is 5.69 Å². The second kappa shape index (κ2) is 7.14. The van der Waals surface area contributed by atoms with E-state index in [1.165, 1.54) is 0 Å². The van der Waals surface area contributed by atoms with E-state index in [1.807, 2.05) is 19.1 Å². The van der Waals surface area contributed by atoms with Gasteiger partial charge in [0.1, 0.15) is 5.69 Å². The van der Waals surface area contributed by atoms with E-state index in [0.717, 1.165) is 45.7 Å². The number of piperazine rings is 1. The van der Waals surface area contributed by atoms with Crippen LogP contribution in [0.3, 0.4) is 0 Å². The Bertz CT molecular complexity index is 560. The molecule has 0 saturated carbocycles. The average Bonchev–Trinajstić information content (AvgIpc) is 3.05. The van der Waals surface area contributed by atoms with Crippen LogP contribution in [0.5, 0.6) is 5.75 Å². The van der Waals surface area contributed by atoms with Gasteiger partial charge in [-0.2, -0.15) is 0 Å². The zero-order chi connectivity index (χ0) is 16.2. The quantitative estimate of drug-likeness (QED) is 0.654. The Kier molecular flexibility index (Phi) is 4.97. The fourth-order valence-corrected chi connectivity index (χ4v) is 3.53. The molecule has 126 valence electrons.